The number of benzene rings is 1. The van der Waals surface area contributed by atoms with E-state index in [1.807, 2.05) is 18.2 Å². The van der Waals surface area contributed by atoms with Crippen molar-refractivity contribution in [1.29, 1.82) is 0 Å². The van der Waals surface area contributed by atoms with Crippen LogP contribution in [0.2, 0.25) is 5.02 Å². The summed E-state index contributed by atoms with van der Waals surface area (Å²) in [6, 6.07) is 9.08. The second-order valence-electron chi connectivity index (χ2n) is 4.00. The zero-order valence-corrected chi connectivity index (χ0v) is 11.9. The van der Waals surface area contributed by atoms with Crippen molar-refractivity contribution in [3.63, 3.8) is 0 Å². The minimum Gasteiger partial charge on any atom is -0.266 e. The number of hydrogen-bond acceptors (Lipinski definition) is 3. The van der Waals surface area contributed by atoms with Gasteiger partial charge in [0.1, 0.15) is 0 Å². The molecule has 0 unspecified atom stereocenters. The topological polar surface area (TPSA) is 64.0 Å². The smallest absolute Gasteiger partial charge is 0.233 e. The molecule has 0 saturated carbocycles. The lowest BCUT2D eigenvalue weighted by Crippen LogP contribution is -2.15. The number of nitrogens with one attached hydrogen (secondary N) is 1. The highest BCUT2D eigenvalue weighted by molar-refractivity contribution is 7.92. The first kappa shape index (κ1) is 13.9. The van der Waals surface area contributed by atoms with Gasteiger partial charge in [-0.1, -0.05) is 29.8 Å². The number of sulfonamides is 1. The largest absolute Gasteiger partial charge is 0.266 e. The Labute approximate surface area is 117 Å². The maximum absolute atomic E-state index is 11.4. The summed E-state index contributed by atoms with van der Waals surface area (Å²) < 4.78 is 26.8. The molecule has 0 bridgehead atoms. The third-order valence-electron chi connectivity index (χ3n) is 2.57. The average Bonchev–Trinajstić information content (AvgIpc) is 2.79. The average molecular weight is 300 g/mol. The Bertz CT molecular complexity index is 667. The molecule has 19 heavy (non-hydrogen) atoms. The van der Waals surface area contributed by atoms with Crippen LogP contribution in [0, 0.1) is 0 Å². The molecule has 0 atom stereocenters. The maximum atomic E-state index is 11.4. The van der Waals surface area contributed by atoms with Crippen molar-refractivity contribution in [3.05, 3.63) is 47.1 Å². The lowest BCUT2D eigenvalue weighted by molar-refractivity contribution is 0.602. The molecule has 0 radical (unpaired) electrons. The fraction of sp³-hybridized carbons (Fsp3) is 0.250. The summed E-state index contributed by atoms with van der Waals surface area (Å²) in [6.45, 7) is 2.07. The predicted octanol–water partition coefficient (Wildman–Crippen LogP) is 2.35. The summed E-state index contributed by atoms with van der Waals surface area (Å²) in [5, 5.41) is 4.81. The first-order valence-electron chi connectivity index (χ1n) is 5.77. The molecular formula is C12H14ClN3O2S. The van der Waals surface area contributed by atoms with E-state index in [4.69, 9.17) is 11.6 Å². The van der Waals surface area contributed by atoms with Gasteiger partial charge in [0, 0.05) is 17.3 Å². The fourth-order valence-electron chi connectivity index (χ4n) is 1.54. The quantitative estimate of drug-likeness (QED) is 0.921. The molecule has 1 heterocycles. The highest BCUT2D eigenvalue weighted by Gasteiger charge is 2.09. The Hall–Kier alpha value is -1.53. The van der Waals surface area contributed by atoms with Gasteiger partial charge in [0.15, 0.2) is 5.82 Å². The molecule has 2 rings (SSSR count). The molecule has 7 heteroatoms. The third kappa shape index (κ3) is 3.71. The molecule has 0 aliphatic rings. The number of aromatic nitrogens is 2. The van der Waals surface area contributed by atoms with Crippen LogP contribution < -0.4 is 4.72 Å². The second-order valence-corrected chi connectivity index (χ2v) is 6.41. The second kappa shape index (κ2) is 5.63. The van der Waals surface area contributed by atoms with Gasteiger partial charge in [-0.25, -0.2) is 8.42 Å². The minimum absolute atomic E-state index is 0.0182. The molecule has 0 amide bonds. The normalized spacial score (nSPS) is 11.5. The highest BCUT2D eigenvalue weighted by atomic mass is 35.5. The molecule has 1 aromatic carbocycles. The lowest BCUT2D eigenvalue weighted by atomic mass is 10.2. The lowest BCUT2D eigenvalue weighted by Gasteiger charge is -2.04. The van der Waals surface area contributed by atoms with Crippen LogP contribution >= 0.6 is 11.6 Å². The van der Waals surface area contributed by atoms with E-state index in [2.05, 4.69) is 9.82 Å². The van der Waals surface area contributed by atoms with Crippen LogP contribution in [0.4, 0.5) is 5.82 Å². The number of halogens is 1. The summed E-state index contributed by atoms with van der Waals surface area (Å²) in [7, 11) is -3.29. The monoisotopic (exact) mass is 299 g/mol. The van der Waals surface area contributed by atoms with Gasteiger partial charge in [0.2, 0.25) is 10.0 Å². The van der Waals surface area contributed by atoms with E-state index >= 15 is 0 Å². The molecule has 0 saturated heterocycles. The van der Waals surface area contributed by atoms with Crippen molar-refractivity contribution in [2.75, 3.05) is 10.5 Å². The van der Waals surface area contributed by atoms with E-state index in [9.17, 15) is 8.42 Å². The molecule has 0 fully saturated rings. The Balaban J connectivity index is 2.12. The summed E-state index contributed by atoms with van der Waals surface area (Å²) in [4.78, 5) is 0. The summed E-state index contributed by atoms with van der Waals surface area (Å²) in [5.41, 5.74) is 0.928. The summed E-state index contributed by atoms with van der Waals surface area (Å²) in [6.07, 6.45) is 1.71. The van der Waals surface area contributed by atoms with Gasteiger partial charge in [-0.15, -0.1) is 0 Å². The molecule has 2 aromatic rings. The van der Waals surface area contributed by atoms with Crippen LogP contribution in [0.15, 0.2) is 36.5 Å². The van der Waals surface area contributed by atoms with Crippen LogP contribution in [0.5, 0.6) is 0 Å². The van der Waals surface area contributed by atoms with Gasteiger partial charge < -0.3 is 0 Å². The van der Waals surface area contributed by atoms with E-state index in [1.54, 1.807) is 29.9 Å². The summed E-state index contributed by atoms with van der Waals surface area (Å²) in [5.74, 6) is 0.332. The van der Waals surface area contributed by atoms with Crippen molar-refractivity contribution < 1.29 is 8.42 Å². The Morgan fingerprint density at radius 2 is 2.05 bits per heavy atom. The van der Waals surface area contributed by atoms with Gasteiger partial charge in [0.05, 0.1) is 12.3 Å². The molecule has 102 valence electrons. The minimum atomic E-state index is -3.29. The molecule has 0 aliphatic carbocycles. The van der Waals surface area contributed by atoms with Crippen LogP contribution in [0.3, 0.4) is 0 Å². The van der Waals surface area contributed by atoms with Crippen LogP contribution in [-0.4, -0.2) is 24.0 Å². The van der Waals surface area contributed by atoms with Gasteiger partial charge >= 0.3 is 0 Å². The SMILES string of the molecule is CCS(=O)(=O)Nc1ccn(Cc2ccccc2Cl)n1. The first-order chi connectivity index (χ1) is 9.00. The predicted molar refractivity (Wildman–Crippen MR) is 75.9 cm³/mol. The van der Waals surface area contributed by atoms with E-state index in [0.29, 0.717) is 17.4 Å². The van der Waals surface area contributed by atoms with Crippen molar-refractivity contribution in [2.24, 2.45) is 0 Å². The van der Waals surface area contributed by atoms with Gasteiger partial charge in [-0.2, -0.15) is 5.10 Å². The number of nitrogens with zero attached hydrogens (tertiary/aromatic N) is 2. The zero-order valence-electron chi connectivity index (χ0n) is 10.4. The standard InChI is InChI=1S/C12H14ClN3O2S/c1-2-19(17,18)15-12-7-8-16(14-12)9-10-5-3-4-6-11(10)13/h3-8H,2,9H2,1H3,(H,14,15). The van der Waals surface area contributed by atoms with Crippen LogP contribution in [0.1, 0.15) is 12.5 Å². The van der Waals surface area contributed by atoms with Crippen molar-refractivity contribution in [1.82, 2.24) is 9.78 Å². The van der Waals surface area contributed by atoms with E-state index in [0.717, 1.165) is 5.56 Å². The Kier molecular flexibility index (Phi) is 4.11. The van der Waals surface area contributed by atoms with Gasteiger partial charge in [-0.05, 0) is 18.6 Å². The van der Waals surface area contributed by atoms with Gasteiger partial charge in [0.25, 0.3) is 0 Å². The van der Waals surface area contributed by atoms with E-state index < -0.39 is 10.0 Å². The Morgan fingerprint density at radius 3 is 2.74 bits per heavy atom. The van der Waals surface area contributed by atoms with Crippen LogP contribution in [-0.2, 0) is 16.6 Å². The number of hydrogen-bond donors (Lipinski definition) is 1. The van der Waals surface area contributed by atoms with Crippen molar-refractivity contribution in [2.45, 2.75) is 13.5 Å². The summed E-state index contributed by atoms with van der Waals surface area (Å²) >= 11 is 6.06. The molecule has 5 nitrogen and oxygen atoms in total. The molecule has 1 aromatic heterocycles. The van der Waals surface area contributed by atoms with Crippen LogP contribution in [0.25, 0.3) is 0 Å². The van der Waals surface area contributed by atoms with E-state index in [-0.39, 0.29) is 5.75 Å². The van der Waals surface area contributed by atoms with Crippen molar-refractivity contribution >= 4 is 27.4 Å². The van der Waals surface area contributed by atoms with Crippen molar-refractivity contribution in [3.8, 4) is 0 Å². The maximum Gasteiger partial charge on any atom is 0.233 e. The molecule has 1 N–H and O–H groups in total. The molecular weight excluding hydrogens is 286 g/mol. The number of rotatable bonds is 5. The third-order valence-corrected chi connectivity index (χ3v) is 4.22. The van der Waals surface area contributed by atoms with E-state index in [1.165, 1.54) is 0 Å². The molecule has 0 aliphatic heterocycles. The zero-order chi connectivity index (χ0) is 13.9. The number of anilines is 1. The highest BCUT2D eigenvalue weighted by Crippen LogP contribution is 2.16. The van der Waals surface area contributed by atoms with Gasteiger partial charge in [-0.3, -0.25) is 9.40 Å². The first-order valence-corrected chi connectivity index (χ1v) is 7.80. The Morgan fingerprint density at radius 1 is 1.32 bits per heavy atom. The fourth-order valence-corrected chi connectivity index (χ4v) is 2.30. The molecule has 0 spiro atoms.